The minimum atomic E-state index is 0.613. The molecule has 0 bridgehead atoms. The van der Waals surface area contributed by atoms with E-state index in [4.69, 9.17) is 15.0 Å². The smallest absolute Gasteiger partial charge is 0.166 e. The van der Waals surface area contributed by atoms with E-state index in [-0.39, 0.29) is 0 Å². The summed E-state index contributed by atoms with van der Waals surface area (Å²) in [7, 11) is 0. The van der Waals surface area contributed by atoms with E-state index in [9.17, 15) is 0 Å². The first-order valence-corrected chi connectivity index (χ1v) is 19.6. The van der Waals surface area contributed by atoms with Crippen LogP contribution in [-0.2, 0) is 0 Å². The lowest BCUT2D eigenvalue weighted by molar-refractivity contribution is 1.06. The molecule has 3 heterocycles. The van der Waals surface area contributed by atoms with Crippen LogP contribution in [0.5, 0.6) is 0 Å². The summed E-state index contributed by atoms with van der Waals surface area (Å²) in [5.74, 6) is 1.88. The van der Waals surface area contributed by atoms with E-state index in [1.54, 1.807) is 0 Å². The lowest BCUT2D eigenvalue weighted by Crippen LogP contribution is -2.05. The fourth-order valence-electron chi connectivity index (χ4n) is 8.14. The van der Waals surface area contributed by atoms with Crippen LogP contribution in [0.25, 0.3) is 104 Å². The van der Waals surface area contributed by atoms with Crippen LogP contribution in [0, 0.1) is 0 Å². The maximum atomic E-state index is 5.24. The molecular formula is C51H32N4S. The molecule has 0 saturated carbocycles. The molecule has 0 unspecified atom stereocenters. The summed E-state index contributed by atoms with van der Waals surface area (Å²) in [6, 6.07) is 68.6. The molecule has 3 aromatic heterocycles. The van der Waals surface area contributed by atoms with E-state index < -0.39 is 0 Å². The van der Waals surface area contributed by atoms with Gasteiger partial charge in [-0.15, -0.1) is 11.3 Å². The number of rotatable bonds is 6. The SMILES string of the molecule is c1ccc(-c2nc(-c3ccccc3)nc(-c3cccc(-c4ccccc4)c3-n3c4ccccc4c4c(-c5ccc6sc7ccccc7c6c5)cccc43)n2)cc1. The molecule has 0 N–H and O–H groups in total. The first-order valence-electron chi connectivity index (χ1n) is 18.8. The molecule has 0 amide bonds. The highest BCUT2D eigenvalue weighted by Gasteiger charge is 2.24. The van der Waals surface area contributed by atoms with Gasteiger partial charge in [0.2, 0.25) is 0 Å². The van der Waals surface area contributed by atoms with Gasteiger partial charge in [-0.1, -0.05) is 158 Å². The van der Waals surface area contributed by atoms with Gasteiger partial charge in [-0.05, 0) is 53.1 Å². The van der Waals surface area contributed by atoms with Gasteiger partial charge in [0, 0.05) is 53.2 Å². The molecule has 4 nitrogen and oxygen atoms in total. The Morgan fingerprint density at radius 1 is 0.339 bits per heavy atom. The Labute approximate surface area is 327 Å². The van der Waals surface area contributed by atoms with Crippen LogP contribution in [-0.4, -0.2) is 19.5 Å². The molecule has 11 rings (SSSR count). The predicted molar refractivity (Wildman–Crippen MR) is 234 cm³/mol. The number of aromatic nitrogens is 4. The summed E-state index contributed by atoms with van der Waals surface area (Å²) >= 11 is 1.85. The molecule has 56 heavy (non-hydrogen) atoms. The minimum absolute atomic E-state index is 0.613. The highest BCUT2D eigenvalue weighted by Crippen LogP contribution is 2.45. The fourth-order valence-corrected chi connectivity index (χ4v) is 9.23. The van der Waals surface area contributed by atoms with Crippen LogP contribution in [0.3, 0.4) is 0 Å². The largest absolute Gasteiger partial charge is 0.308 e. The molecule has 0 spiro atoms. The number of nitrogens with zero attached hydrogens (tertiary/aromatic N) is 4. The third kappa shape index (κ3) is 5.32. The Kier molecular flexibility index (Phi) is 7.64. The number of fused-ring (bicyclic) bond motifs is 6. The Balaban J connectivity index is 1.22. The van der Waals surface area contributed by atoms with Gasteiger partial charge >= 0.3 is 0 Å². The average Bonchev–Trinajstić information content (AvgIpc) is 3.82. The van der Waals surface area contributed by atoms with Crippen molar-refractivity contribution < 1.29 is 0 Å². The number of hydrogen-bond acceptors (Lipinski definition) is 4. The normalized spacial score (nSPS) is 11.6. The third-order valence-electron chi connectivity index (χ3n) is 10.7. The van der Waals surface area contributed by atoms with Gasteiger partial charge in [-0.2, -0.15) is 0 Å². The van der Waals surface area contributed by atoms with Crippen molar-refractivity contribution in [3.05, 3.63) is 194 Å². The fraction of sp³-hybridized carbons (Fsp3) is 0. The summed E-state index contributed by atoms with van der Waals surface area (Å²) in [6.07, 6.45) is 0. The van der Waals surface area contributed by atoms with Crippen molar-refractivity contribution in [2.24, 2.45) is 0 Å². The summed E-state index contributed by atoms with van der Waals surface area (Å²) in [5, 5.41) is 4.99. The second-order valence-corrected chi connectivity index (χ2v) is 15.1. The lowest BCUT2D eigenvalue weighted by atomic mass is 9.97. The Morgan fingerprint density at radius 2 is 0.875 bits per heavy atom. The molecule has 0 aliphatic carbocycles. The van der Waals surface area contributed by atoms with Crippen LogP contribution < -0.4 is 0 Å². The molecular weight excluding hydrogens is 701 g/mol. The molecule has 8 aromatic carbocycles. The molecule has 0 saturated heterocycles. The molecule has 0 atom stereocenters. The summed E-state index contributed by atoms with van der Waals surface area (Å²) in [4.78, 5) is 15.5. The van der Waals surface area contributed by atoms with Crippen LogP contribution in [0.15, 0.2) is 194 Å². The van der Waals surface area contributed by atoms with Crippen molar-refractivity contribution >= 4 is 53.3 Å². The van der Waals surface area contributed by atoms with Gasteiger partial charge < -0.3 is 4.57 Å². The van der Waals surface area contributed by atoms with E-state index in [2.05, 4.69) is 162 Å². The lowest BCUT2D eigenvalue weighted by Gasteiger charge is -2.19. The highest BCUT2D eigenvalue weighted by atomic mass is 32.1. The van der Waals surface area contributed by atoms with Crippen molar-refractivity contribution in [2.75, 3.05) is 0 Å². The molecule has 11 aromatic rings. The number of hydrogen-bond donors (Lipinski definition) is 0. The summed E-state index contributed by atoms with van der Waals surface area (Å²) < 4.78 is 5.04. The van der Waals surface area contributed by atoms with E-state index >= 15 is 0 Å². The minimum Gasteiger partial charge on any atom is -0.308 e. The van der Waals surface area contributed by atoms with Crippen molar-refractivity contribution in [3.8, 4) is 62.1 Å². The van der Waals surface area contributed by atoms with Crippen molar-refractivity contribution in [3.63, 3.8) is 0 Å². The zero-order chi connectivity index (χ0) is 37.0. The van der Waals surface area contributed by atoms with Crippen LogP contribution in [0.2, 0.25) is 0 Å². The van der Waals surface area contributed by atoms with Gasteiger partial charge in [0.1, 0.15) is 0 Å². The van der Waals surface area contributed by atoms with Crippen molar-refractivity contribution in [2.45, 2.75) is 0 Å². The monoisotopic (exact) mass is 732 g/mol. The average molecular weight is 733 g/mol. The summed E-state index contributed by atoms with van der Waals surface area (Å²) in [5.41, 5.74) is 10.6. The van der Waals surface area contributed by atoms with E-state index in [0.29, 0.717) is 17.5 Å². The zero-order valence-electron chi connectivity index (χ0n) is 30.2. The molecule has 5 heteroatoms. The first kappa shape index (κ1) is 32.2. The van der Waals surface area contributed by atoms with Gasteiger partial charge in [-0.3, -0.25) is 0 Å². The maximum Gasteiger partial charge on any atom is 0.166 e. The standard InChI is InChI=1S/C51H32N4S/c1-4-16-33(17-5-1)38-25-14-26-41(51-53-49(34-18-6-2-7-19-34)52-50(54-51)35-20-8-3-9-21-35)48(38)55-43-27-12-10-23-40(43)47-37(24-15-28-44(47)55)36-30-31-46-42(32-36)39-22-11-13-29-45(39)56-46/h1-32H. The van der Waals surface area contributed by atoms with E-state index in [1.807, 2.05) is 47.7 Å². The Bertz CT molecular complexity index is 3180. The molecule has 0 radical (unpaired) electrons. The van der Waals surface area contributed by atoms with Gasteiger partial charge in [0.05, 0.1) is 16.7 Å². The van der Waals surface area contributed by atoms with E-state index in [0.717, 1.165) is 44.5 Å². The quantitative estimate of drug-likeness (QED) is 0.171. The van der Waals surface area contributed by atoms with Gasteiger partial charge in [0.25, 0.3) is 0 Å². The highest BCUT2D eigenvalue weighted by molar-refractivity contribution is 7.25. The zero-order valence-corrected chi connectivity index (χ0v) is 31.0. The second-order valence-electron chi connectivity index (χ2n) is 14.0. The number of para-hydroxylation sites is 2. The molecule has 0 aliphatic rings. The molecule has 262 valence electrons. The topological polar surface area (TPSA) is 43.6 Å². The van der Waals surface area contributed by atoms with Crippen LogP contribution in [0.1, 0.15) is 0 Å². The molecule has 0 aliphatic heterocycles. The van der Waals surface area contributed by atoms with Crippen LogP contribution in [0.4, 0.5) is 0 Å². The van der Waals surface area contributed by atoms with Gasteiger partial charge in [0.15, 0.2) is 17.5 Å². The third-order valence-corrected chi connectivity index (χ3v) is 11.8. The maximum absolute atomic E-state index is 5.24. The Hall–Kier alpha value is -7.21. The number of thiophene rings is 1. The Morgan fingerprint density at radius 3 is 1.61 bits per heavy atom. The van der Waals surface area contributed by atoms with E-state index in [1.165, 1.54) is 42.1 Å². The van der Waals surface area contributed by atoms with Crippen molar-refractivity contribution in [1.82, 2.24) is 19.5 Å². The van der Waals surface area contributed by atoms with Crippen LogP contribution >= 0.6 is 11.3 Å². The summed E-state index contributed by atoms with van der Waals surface area (Å²) in [6.45, 7) is 0. The van der Waals surface area contributed by atoms with Gasteiger partial charge in [-0.25, -0.2) is 15.0 Å². The second kappa shape index (κ2) is 13.3. The first-order chi connectivity index (χ1) is 27.8. The number of benzene rings is 8. The predicted octanol–water partition coefficient (Wildman–Crippen LogP) is 13.7. The van der Waals surface area contributed by atoms with Crippen molar-refractivity contribution in [1.29, 1.82) is 0 Å². The molecule has 0 fully saturated rings.